The van der Waals surface area contributed by atoms with Gasteiger partial charge in [0.25, 0.3) is 0 Å². The van der Waals surface area contributed by atoms with Crippen molar-refractivity contribution in [1.82, 2.24) is 9.97 Å². The number of nitrogens with zero attached hydrogens (tertiary/aromatic N) is 3. The van der Waals surface area contributed by atoms with Crippen molar-refractivity contribution in [3.05, 3.63) is 11.3 Å². The topological polar surface area (TPSA) is 59.5 Å². The number of hydrogen-bond acceptors (Lipinski definition) is 6. The first-order valence-corrected chi connectivity index (χ1v) is 8.22. The van der Waals surface area contributed by atoms with Crippen LogP contribution in [0, 0.1) is 0 Å². The molecule has 0 saturated carbocycles. The molecule has 122 valence electrons. The molecule has 1 aromatic rings. The summed E-state index contributed by atoms with van der Waals surface area (Å²) in [5.74, 6) is 1.74. The van der Waals surface area contributed by atoms with Gasteiger partial charge in [-0.05, 0) is 32.6 Å². The monoisotopic (exact) mass is 306 g/mol. The van der Waals surface area contributed by atoms with Gasteiger partial charge in [0.1, 0.15) is 11.9 Å². The molecule has 0 unspecified atom stereocenters. The lowest BCUT2D eigenvalue weighted by molar-refractivity contribution is 0.0478. The minimum Gasteiger partial charge on any atom is -0.376 e. The second-order valence-electron chi connectivity index (χ2n) is 6.18. The number of anilines is 2. The highest BCUT2D eigenvalue weighted by Crippen LogP contribution is 2.28. The average molecular weight is 306 g/mol. The molecular weight excluding hydrogens is 280 g/mol. The molecule has 6 heteroatoms. The molecule has 3 rings (SSSR count). The summed E-state index contributed by atoms with van der Waals surface area (Å²) in [7, 11) is 3.96. The van der Waals surface area contributed by atoms with E-state index in [1.54, 1.807) is 0 Å². The van der Waals surface area contributed by atoms with E-state index in [1.165, 1.54) is 24.1 Å². The summed E-state index contributed by atoms with van der Waals surface area (Å²) in [6.45, 7) is 4.04. The summed E-state index contributed by atoms with van der Waals surface area (Å²) in [6, 6.07) is 0.163. The van der Waals surface area contributed by atoms with Crippen LogP contribution in [0.4, 0.5) is 11.8 Å². The molecule has 6 nitrogen and oxygen atoms in total. The van der Waals surface area contributed by atoms with Crippen LogP contribution in [0.1, 0.15) is 31.0 Å². The molecule has 1 saturated heterocycles. The van der Waals surface area contributed by atoms with E-state index in [0.717, 1.165) is 24.6 Å². The zero-order valence-electron chi connectivity index (χ0n) is 13.8. The van der Waals surface area contributed by atoms with E-state index in [0.29, 0.717) is 19.8 Å². The lowest BCUT2D eigenvalue weighted by atomic mass is 9.96. The zero-order valence-corrected chi connectivity index (χ0v) is 13.8. The highest BCUT2D eigenvalue weighted by Gasteiger charge is 2.30. The van der Waals surface area contributed by atoms with Gasteiger partial charge in [-0.15, -0.1) is 0 Å². The van der Waals surface area contributed by atoms with Gasteiger partial charge >= 0.3 is 0 Å². The normalized spacial score (nSPS) is 24.1. The third kappa shape index (κ3) is 3.17. The molecule has 1 fully saturated rings. The molecule has 0 bridgehead atoms. The summed E-state index contributed by atoms with van der Waals surface area (Å²) < 4.78 is 11.3. The van der Waals surface area contributed by atoms with Crippen LogP contribution >= 0.6 is 0 Å². The van der Waals surface area contributed by atoms with E-state index in [2.05, 4.69) is 5.32 Å². The largest absolute Gasteiger partial charge is 0.376 e. The predicted octanol–water partition coefficient (Wildman–Crippen LogP) is 1.64. The summed E-state index contributed by atoms with van der Waals surface area (Å²) >= 11 is 0. The van der Waals surface area contributed by atoms with Gasteiger partial charge in [0, 0.05) is 26.3 Å². The Morgan fingerprint density at radius 1 is 1.23 bits per heavy atom. The first-order chi connectivity index (χ1) is 10.7. The minimum absolute atomic E-state index is 0.0991. The number of nitrogens with one attached hydrogen (secondary N) is 1. The number of ether oxygens (including phenoxy) is 2. The van der Waals surface area contributed by atoms with Crippen molar-refractivity contribution in [1.29, 1.82) is 0 Å². The van der Waals surface area contributed by atoms with Gasteiger partial charge in [-0.25, -0.2) is 4.98 Å². The van der Waals surface area contributed by atoms with Crippen LogP contribution in [0.15, 0.2) is 0 Å². The van der Waals surface area contributed by atoms with Crippen molar-refractivity contribution < 1.29 is 9.47 Å². The minimum atomic E-state index is 0.0991. The van der Waals surface area contributed by atoms with E-state index in [4.69, 9.17) is 19.4 Å². The van der Waals surface area contributed by atoms with Gasteiger partial charge in [-0.2, -0.15) is 4.98 Å². The molecule has 1 N–H and O–H groups in total. The Bertz CT molecular complexity index is 521. The average Bonchev–Trinajstić information content (AvgIpc) is 2.94. The summed E-state index contributed by atoms with van der Waals surface area (Å²) in [5.41, 5.74) is 2.47. The fourth-order valence-electron chi connectivity index (χ4n) is 3.12. The lowest BCUT2D eigenvalue weighted by Crippen LogP contribution is -2.35. The molecule has 1 aliphatic carbocycles. The highest BCUT2D eigenvalue weighted by molar-refractivity contribution is 5.53. The standard InChI is InChI=1S/C16H26N4O2/c1-4-22-14-10-21-9-13(14)17-15-11-7-5-6-8-12(11)18-16(19-15)20(2)3/h13-14H,4-10H2,1-3H3,(H,17,18,19)/t13-,14-/m0/s1. The van der Waals surface area contributed by atoms with Gasteiger partial charge in [-0.1, -0.05) is 0 Å². The second kappa shape index (κ2) is 6.79. The molecule has 2 atom stereocenters. The number of rotatable bonds is 5. The van der Waals surface area contributed by atoms with Gasteiger partial charge in [0.15, 0.2) is 0 Å². The maximum atomic E-state index is 5.77. The zero-order chi connectivity index (χ0) is 15.5. The maximum Gasteiger partial charge on any atom is 0.227 e. The Labute approximate surface area is 132 Å². The van der Waals surface area contributed by atoms with Crippen molar-refractivity contribution in [2.45, 2.75) is 44.8 Å². The smallest absolute Gasteiger partial charge is 0.227 e. The first-order valence-electron chi connectivity index (χ1n) is 8.22. The molecule has 1 aromatic heterocycles. The van der Waals surface area contributed by atoms with Crippen LogP contribution in [-0.2, 0) is 22.3 Å². The third-order valence-corrected chi connectivity index (χ3v) is 4.30. The molecule has 0 amide bonds. The molecule has 0 radical (unpaired) electrons. The molecule has 0 spiro atoms. The van der Waals surface area contributed by atoms with Crippen LogP contribution in [0.5, 0.6) is 0 Å². The number of aryl methyl sites for hydroxylation is 1. The van der Waals surface area contributed by atoms with Crippen molar-refractivity contribution >= 4 is 11.8 Å². The quantitative estimate of drug-likeness (QED) is 0.892. The maximum absolute atomic E-state index is 5.77. The van der Waals surface area contributed by atoms with Gasteiger partial charge < -0.3 is 19.7 Å². The Morgan fingerprint density at radius 3 is 2.82 bits per heavy atom. The second-order valence-corrected chi connectivity index (χ2v) is 6.18. The van der Waals surface area contributed by atoms with Crippen LogP contribution in [0.3, 0.4) is 0 Å². The Hall–Kier alpha value is -1.40. The molecule has 2 aliphatic rings. The van der Waals surface area contributed by atoms with Gasteiger partial charge in [0.2, 0.25) is 5.95 Å². The molecule has 0 aromatic carbocycles. The van der Waals surface area contributed by atoms with Crippen molar-refractivity contribution in [2.24, 2.45) is 0 Å². The number of aromatic nitrogens is 2. The fraction of sp³-hybridized carbons (Fsp3) is 0.750. The van der Waals surface area contributed by atoms with Crippen LogP contribution in [-0.4, -0.2) is 56.0 Å². The van der Waals surface area contributed by atoms with Gasteiger partial charge in [-0.3, -0.25) is 0 Å². The van der Waals surface area contributed by atoms with E-state index in [1.807, 2.05) is 25.9 Å². The molecular formula is C16H26N4O2. The van der Waals surface area contributed by atoms with Gasteiger partial charge in [0.05, 0.1) is 24.9 Å². The Kier molecular flexibility index (Phi) is 4.78. The van der Waals surface area contributed by atoms with Crippen LogP contribution in [0.2, 0.25) is 0 Å². The summed E-state index contributed by atoms with van der Waals surface area (Å²) in [6.07, 6.45) is 4.62. The summed E-state index contributed by atoms with van der Waals surface area (Å²) in [5, 5.41) is 3.57. The third-order valence-electron chi connectivity index (χ3n) is 4.30. The lowest BCUT2D eigenvalue weighted by Gasteiger charge is -2.25. The fourth-order valence-corrected chi connectivity index (χ4v) is 3.12. The number of fused-ring (bicyclic) bond motifs is 1. The first kappa shape index (κ1) is 15.5. The van der Waals surface area contributed by atoms with Crippen LogP contribution < -0.4 is 10.2 Å². The SMILES string of the molecule is CCO[C@H]1COC[C@@H]1Nc1nc(N(C)C)nc2c1CCCC2. The van der Waals surface area contributed by atoms with E-state index in [-0.39, 0.29) is 12.1 Å². The molecule has 22 heavy (non-hydrogen) atoms. The molecule has 1 aliphatic heterocycles. The molecule has 2 heterocycles. The van der Waals surface area contributed by atoms with E-state index >= 15 is 0 Å². The predicted molar refractivity (Wildman–Crippen MR) is 86.6 cm³/mol. The van der Waals surface area contributed by atoms with E-state index < -0.39 is 0 Å². The van der Waals surface area contributed by atoms with Crippen LogP contribution in [0.25, 0.3) is 0 Å². The van der Waals surface area contributed by atoms with Crippen molar-refractivity contribution in [3.63, 3.8) is 0 Å². The Morgan fingerprint density at radius 2 is 2.05 bits per heavy atom. The van der Waals surface area contributed by atoms with Crippen molar-refractivity contribution in [3.8, 4) is 0 Å². The summed E-state index contributed by atoms with van der Waals surface area (Å²) in [4.78, 5) is 11.4. The number of hydrogen-bond donors (Lipinski definition) is 1. The Balaban J connectivity index is 1.86. The highest BCUT2D eigenvalue weighted by atomic mass is 16.5. The van der Waals surface area contributed by atoms with E-state index in [9.17, 15) is 0 Å². The van der Waals surface area contributed by atoms with Crippen molar-refractivity contribution in [2.75, 3.05) is 44.1 Å².